The summed E-state index contributed by atoms with van der Waals surface area (Å²) in [5.74, 6) is 0.0983. The number of nitrogens with zero attached hydrogens (tertiary/aromatic N) is 1. The highest BCUT2D eigenvalue weighted by Crippen LogP contribution is 2.36. The largest absolute Gasteiger partial charge is 0.381 e. The number of hydrogen-bond acceptors (Lipinski definition) is 4. The van der Waals surface area contributed by atoms with Crippen molar-refractivity contribution < 1.29 is 14.3 Å². The molecule has 2 aliphatic heterocycles. The molecule has 2 aromatic rings. The van der Waals surface area contributed by atoms with Gasteiger partial charge >= 0.3 is 0 Å². The van der Waals surface area contributed by atoms with E-state index < -0.39 is 5.41 Å². The molecule has 1 amide bonds. The van der Waals surface area contributed by atoms with Crippen LogP contribution in [0.4, 0.5) is 5.69 Å². The summed E-state index contributed by atoms with van der Waals surface area (Å²) in [6.45, 7) is 8.77. The van der Waals surface area contributed by atoms with Crippen LogP contribution in [-0.2, 0) is 19.7 Å². The minimum Gasteiger partial charge on any atom is -0.381 e. The highest BCUT2D eigenvalue weighted by Gasteiger charge is 2.42. The highest BCUT2D eigenvalue weighted by molar-refractivity contribution is 5.88. The van der Waals surface area contributed by atoms with Gasteiger partial charge in [0.25, 0.3) is 0 Å². The minimum atomic E-state index is -0.522. The second kappa shape index (κ2) is 9.19. The van der Waals surface area contributed by atoms with E-state index in [1.807, 2.05) is 6.07 Å². The molecule has 1 N–H and O–H groups in total. The summed E-state index contributed by atoms with van der Waals surface area (Å²) in [6, 6.07) is 16.8. The van der Waals surface area contributed by atoms with Gasteiger partial charge in [0.2, 0.25) is 5.91 Å². The minimum absolute atomic E-state index is 0.0548. The maximum atomic E-state index is 13.5. The topological polar surface area (TPSA) is 50.8 Å². The van der Waals surface area contributed by atoms with Crippen molar-refractivity contribution in [3.63, 3.8) is 0 Å². The average molecular weight is 409 g/mol. The van der Waals surface area contributed by atoms with Crippen LogP contribution in [-0.4, -0.2) is 45.4 Å². The summed E-state index contributed by atoms with van der Waals surface area (Å²) in [5.41, 5.74) is 4.08. The van der Waals surface area contributed by atoms with Gasteiger partial charge in [0.05, 0.1) is 24.7 Å². The Morgan fingerprint density at radius 3 is 2.33 bits per heavy atom. The fraction of sp³-hybridized carbons (Fsp3) is 0.480. The van der Waals surface area contributed by atoms with Crippen LogP contribution in [0.15, 0.2) is 48.5 Å². The quantitative estimate of drug-likeness (QED) is 0.819. The summed E-state index contributed by atoms with van der Waals surface area (Å²) >= 11 is 0. The maximum Gasteiger partial charge on any atom is 0.231 e. The van der Waals surface area contributed by atoms with Crippen LogP contribution in [0.25, 0.3) is 0 Å². The Kier molecular flexibility index (Phi) is 6.40. The third-order valence-electron chi connectivity index (χ3n) is 6.47. The van der Waals surface area contributed by atoms with E-state index in [1.165, 1.54) is 11.3 Å². The molecule has 30 heavy (non-hydrogen) atoms. The summed E-state index contributed by atoms with van der Waals surface area (Å²) in [7, 11) is 0. The second-order valence-electron chi connectivity index (χ2n) is 8.45. The molecule has 2 fully saturated rings. The zero-order valence-electron chi connectivity index (χ0n) is 18.0. The SMILES string of the molecule is Cc1cccc(C2(C(=O)N[C@H](C)c3ccc(N4CCOCC4)cc3)CCOCC2)c1. The number of carbonyl (C=O) groups is 1. The standard InChI is InChI=1S/C25H32N2O3/c1-19-4-3-5-22(18-19)25(10-14-29-15-11-25)24(28)26-20(2)21-6-8-23(9-7-21)27-12-16-30-17-13-27/h3-9,18,20H,10-17H2,1-2H3,(H,26,28)/t20-/m1/s1. The fourth-order valence-electron chi connectivity index (χ4n) is 4.52. The molecule has 0 aromatic heterocycles. The van der Waals surface area contributed by atoms with Crippen molar-refractivity contribution in [3.8, 4) is 0 Å². The van der Waals surface area contributed by atoms with Crippen LogP contribution in [0, 0.1) is 6.92 Å². The van der Waals surface area contributed by atoms with Gasteiger partial charge in [0.15, 0.2) is 0 Å². The van der Waals surface area contributed by atoms with Crippen LogP contribution in [0.1, 0.15) is 42.5 Å². The van der Waals surface area contributed by atoms with Gasteiger partial charge in [-0.1, -0.05) is 42.0 Å². The van der Waals surface area contributed by atoms with E-state index in [4.69, 9.17) is 9.47 Å². The number of nitrogens with one attached hydrogen (secondary N) is 1. The molecule has 0 aliphatic carbocycles. The van der Waals surface area contributed by atoms with Crippen molar-refractivity contribution in [2.24, 2.45) is 0 Å². The van der Waals surface area contributed by atoms with Crippen LogP contribution in [0.3, 0.4) is 0 Å². The van der Waals surface area contributed by atoms with Gasteiger partial charge in [-0.2, -0.15) is 0 Å². The summed E-state index contributed by atoms with van der Waals surface area (Å²) in [5, 5.41) is 3.30. The number of hydrogen-bond donors (Lipinski definition) is 1. The number of aryl methyl sites for hydroxylation is 1. The molecule has 0 unspecified atom stereocenters. The first kappa shape index (κ1) is 20.9. The first-order valence-electron chi connectivity index (χ1n) is 11.0. The maximum absolute atomic E-state index is 13.5. The van der Waals surface area contributed by atoms with E-state index in [2.05, 4.69) is 66.5 Å². The van der Waals surface area contributed by atoms with Crippen molar-refractivity contribution in [1.82, 2.24) is 5.32 Å². The van der Waals surface area contributed by atoms with Crippen LogP contribution in [0.5, 0.6) is 0 Å². The Morgan fingerprint density at radius 1 is 1.00 bits per heavy atom. The third kappa shape index (κ3) is 4.37. The predicted molar refractivity (Wildman–Crippen MR) is 119 cm³/mol. The Hall–Kier alpha value is -2.37. The number of morpholine rings is 1. The number of benzene rings is 2. The molecule has 2 heterocycles. The highest BCUT2D eigenvalue weighted by atomic mass is 16.5. The number of carbonyl (C=O) groups excluding carboxylic acids is 1. The van der Waals surface area contributed by atoms with Gasteiger partial charge in [0.1, 0.15) is 0 Å². The molecule has 2 aliphatic rings. The van der Waals surface area contributed by atoms with Crippen LogP contribution < -0.4 is 10.2 Å². The molecule has 160 valence electrons. The summed E-state index contributed by atoms with van der Waals surface area (Å²) < 4.78 is 11.0. The fourth-order valence-corrected chi connectivity index (χ4v) is 4.52. The molecule has 0 saturated carbocycles. The van der Waals surface area contributed by atoms with E-state index in [1.54, 1.807) is 0 Å². The molecule has 2 aromatic carbocycles. The number of anilines is 1. The first-order valence-corrected chi connectivity index (χ1v) is 11.0. The lowest BCUT2D eigenvalue weighted by molar-refractivity contribution is -0.131. The zero-order valence-corrected chi connectivity index (χ0v) is 18.0. The first-order chi connectivity index (χ1) is 14.6. The van der Waals surface area contributed by atoms with Gasteiger partial charge in [-0.25, -0.2) is 0 Å². The molecule has 5 nitrogen and oxygen atoms in total. The molecule has 0 radical (unpaired) electrons. The molecule has 0 spiro atoms. The number of rotatable bonds is 5. The van der Waals surface area contributed by atoms with Crippen molar-refractivity contribution in [3.05, 3.63) is 65.2 Å². The summed E-state index contributed by atoms with van der Waals surface area (Å²) in [6.07, 6.45) is 1.43. The molecular weight excluding hydrogens is 376 g/mol. The number of amides is 1. The van der Waals surface area contributed by atoms with Gasteiger partial charge in [-0.05, 0) is 49.9 Å². The van der Waals surface area contributed by atoms with Crippen LogP contribution >= 0.6 is 0 Å². The van der Waals surface area contributed by atoms with E-state index in [0.29, 0.717) is 26.1 Å². The normalized spacial score (nSPS) is 19.9. The van der Waals surface area contributed by atoms with Crippen molar-refractivity contribution in [2.45, 2.75) is 38.1 Å². The van der Waals surface area contributed by atoms with Crippen molar-refractivity contribution in [1.29, 1.82) is 0 Å². The van der Waals surface area contributed by atoms with Gasteiger partial charge in [-0.15, -0.1) is 0 Å². The van der Waals surface area contributed by atoms with Crippen molar-refractivity contribution in [2.75, 3.05) is 44.4 Å². The average Bonchev–Trinajstić information content (AvgIpc) is 2.80. The second-order valence-corrected chi connectivity index (χ2v) is 8.45. The van der Waals surface area contributed by atoms with E-state index in [0.717, 1.165) is 37.4 Å². The molecular formula is C25H32N2O3. The molecule has 4 rings (SSSR count). The Bertz CT molecular complexity index is 853. The Labute approximate surface area is 179 Å². The Morgan fingerprint density at radius 2 is 1.67 bits per heavy atom. The molecule has 1 atom stereocenters. The van der Waals surface area contributed by atoms with E-state index in [-0.39, 0.29) is 11.9 Å². The Balaban J connectivity index is 1.49. The lowest BCUT2D eigenvalue weighted by Gasteiger charge is -2.37. The van der Waals surface area contributed by atoms with E-state index in [9.17, 15) is 4.79 Å². The predicted octanol–water partition coefficient (Wildman–Crippen LogP) is 3.76. The smallest absolute Gasteiger partial charge is 0.231 e. The number of ether oxygens (including phenoxy) is 2. The summed E-state index contributed by atoms with van der Waals surface area (Å²) in [4.78, 5) is 15.9. The van der Waals surface area contributed by atoms with Crippen LogP contribution in [0.2, 0.25) is 0 Å². The van der Waals surface area contributed by atoms with Gasteiger partial charge < -0.3 is 19.7 Å². The van der Waals surface area contributed by atoms with Gasteiger partial charge in [0, 0.05) is 32.0 Å². The zero-order chi connectivity index (χ0) is 21.0. The monoisotopic (exact) mass is 408 g/mol. The molecule has 2 saturated heterocycles. The molecule has 0 bridgehead atoms. The lowest BCUT2D eigenvalue weighted by Crippen LogP contribution is -2.48. The van der Waals surface area contributed by atoms with E-state index >= 15 is 0 Å². The lowest BCUT2D eigenvalue weighted by atomic mass is 9.73. The third-order valence-corrected chi connectivity index (χ3v) is 6.47. The van der Waals surface area contributed by atoms with Gasteiger partial charge in [-0.3, -0.25) is 4.79 Å². The molecule has 5 heteroatoms. The van der Waals surface area contributed by atoms with Crippen molar-refractivity contribution >= 4 is 11.6 Å².